The predicted octanol–water partition coefficient (Wildman–Crippen LogP) is 3.19. The first kappa shape index (κ1) is 11.4. The van der Waals surface area contributed by atoms with E-state index in [1.807, 2.05) is 18.2 Å². The SMILES string of the molecule is CCC(N)(CC)c1nc2c(Cl)cccc2[nH]1. The fraction of sp³-hybridized carbons (Fsp3) is 0.417. The van der Waals surface area contributed by atoms with Crippen LogP contribution in [-0.2, 0) is 5.54 Å². The number of hydrogen-bond acceptors (Lipinski definition) is 2. The van der Waals surface area contributed by atoms with Gasteiger partial charge in [-0.3, -0.25) is 0 Å². The zero-order valence-corrected chi connectivity index (χ0v) is 10.3. The van der Waals surface area contributed by atoms with Crippen molar-refractivity contribution in [3.63, 3.8) is 0 Å². The molecule has 4 heteroatoms. The average Bonchev–Trinajstić information content (AvgIpc) is 2.74. The molecule has 0 aliphatic rings. The van der Waals surface area contributed by atoms with Crippen LogP contribution in [0.15, 0.2) is 18.2 Å². The third-order valence-corrected chi connectivity index (χ3v) is 3.50. The van der Waals surface area contributed by atoms with Crippen LogP contribution in [0, 0.1) is 0 Å². The van der Waals surface area contributed by atoms with Gasteiger partial charge in [0.15, 0.2) is 0 Å². The summed E-state index contributed by atoms with van der Waals surface area (Å²) >= 11 is 6.08. The van der Waals surface area contributed by atoms with E-state index < -0.39 is 0 Å². The molecule has 0 amide bonds. The Morgan fingerprint density at radius 1 is 1.38 bits per heavy atom. The van der Waals surface area contributed by atoms with Crippen molar-refractivity contribution in [1.82, 2.24) is 9.97 Å². The van der Waals surface area contributed by atoms with Crippen LogP contribution >= 0.6 is 11.6 Å². The van der Waals surface area contributed by atoms with E-state index in [9.17, 15) is 0 Å². The smallest absolute Gasteiger partial charge is 0.127 e. The van der Waals surface area contributed by atoms with Crippen molar-refractivity contribution in [2.75, 3.05) is 0 Å². The Morgan fingerprint density at radius 3 is 2.62 bits per heavy atom. The summed E-state index contributed by atoms with van der Waals surface area (Å²) < 4.78 is 0. The molecule has 0 bridgehead atoms. The van der Waals surface area contributed by atoms with Crippen molar-refractivity contribution < 1.29 is 0 Å². The van der Waals surface area contributed by atoms with Gasteiger partial charge in [0.2, 0.25) is 0 Å². The topological polar surface area (TPSA) is 54.7 Å². The number of para-hydroxylation sites is 1. The summed E-state index contributed by atoms with van der Waals surface area (Å²) in [6.45, 7) is 4.14. The van der Waals surface area contributed by atoms with Gasteiger partial charge in [-0.25, -0.2) is 4.98 Å². The van der Waals surface area contributed by atoms with Crippen LogP contribution in [0.3, 0.4) is 0 Å². The number of nitrogens with one attached hydrogen (secondary N) is 1. The van der Waals surface area contributed by atoms with Crippen LogP contribution < -0.4 is 5.73 Å². The Labute approximate surface area is 100 Å². The highest BCUT2D eigenvalue weighted by molar-refractivity contribution is 6.34. The van der Waals surface area contributed by atoms with Gasteiger partial charge in [0.25, 0.3) is 0 Å². The summed E-state index contributed by atoms with van der Waals surface area (Å²) in [4.78, 5) is 7.77. The molecule has 0 atom stereocenters. The number of imidazole rings is 1. The highest BCUT2D eigenvalue weighted by Crippen LogP contribution is 2.28. The third-order valence-electron chi connectivity index (χ3n) is 3.20. The highest BCUT2D eigenvalue weighted by Gasteiger charge is 2.26. The molecular formula is C12H16ClN3. The molecule has 16 heavy (non-hydrogen) atoms. The first-order valence-corrected chi connectivity index (χ1v) is 5.92. The Hall–Kier alpha value is -1.06. The lowest BCUT2D eigenvalue weighted by Gasteiger charge is -2.23. The lowest BCUT2D eigenvalue weighted by Crippen LogP contribution is -2.36. The predicted molar refractivity (Wildman–Crippen MR) is 67.6 cm³/mol. The monoisotopic (exact) mass is 237 g/mol. The minimum absolute atomic E-state index is 0.387. The van der Waals surface area contributed by atoms with Gasteiger partial charge >= 0.3 is 0 Å². The Bertz CT molecular complexity index is 500. The number of nitrogens with zero attached hydrogens (tertiary/aromatic N) is 1. The van der Waals surface area contributed by atoms with Crippen molar-refractivity contribution in [3.8, 4) is 0 Å². The van der Waals surface area contributed by atoms with Crippen molar-refractivity contribution in [3.05, 3.63) is 29.0 Å². The summed E-state index contributed by atoms with van der Waals surface area (Å²) in [5.74, 6) is 0.820. The molecule has 0 spiro atoms. The van der Waals surface area contributed by atoms with Crippen LogP contribution in [0.4, 0.5) is 0 Å². The average molecular weight is 238 g/mol. The van der Waals surface area contributed by atoms with Crippen molar-refractivity contribution in [2.24, 2.45) is 5.73 Å². The summed E-state index contributed by atoms with van der Waals surface area (Å²) in [5.41, 5.74) is 7.65. The lowest BCUT2D eigenvalue weighted by molar-refractivity contribution is 0.392. The molecule has 1 aromatic heterocycles. The van der Waals surface area contributed by atoms with Gasteiger partial charge < -0.3 is 10.7 Å². The van der Waals surface area contributed by atoms with Gasteiger partial charge in [-0.15, -0.1) is 0 Å². The Balaban J connectivity index is 2.59. The first-order chi connectivity index (χ1) is 7.60. The molecule has 2 rings (SSSR count). The molecule has 3 nitrogen and oxygen atoms in total. The molecule has 0 unspecified atom stereocenters. The third kappa shape index (κ3) is 1.70. The van der Waals surface area contributed by atoms with Gasteiger partial charge in [-0.2, -0.15) is 0 Å². The number of aromatic amines is 1. The zero-order valence-electron chi connectivity index (χ0n) is 9.55. The summed E-state index contributed by atoms with van der Waals surface area (Å²) in [7, 11) is 0. The molecule has 0 fully saturated rings. The molecule has 86 valence electrons. The molecule has 0 aliphatic carbocycles. The number of hydrogen-bond donors (Lipinski definition) is 2. The van der Waals surface area contributed by atoms with Gasteiger partial charge in [-0.1, -0.05) is 31.5 Å². The first-order valence-electron chi connectivity index (χ1n) is 5.54. The standard InChI is InChI=1S/C12H16ClN3/c1-3-12(14,4-2)11-15-9-7-5-6-8(13)10(9)16-11/h5-7H,3-4,14H2,1-2H3,(H,15,16). The van der Waals surface area contributed by atoms with Crippen molar-refractivity contribution >= 4 is 22.6 Å². The Morgan fingerprint density at radius 2 is 2.06 bits per heavy atom. The number of rotatable bonds is 3. The van der Waals surface area contributed by atoms with Crippen LogP contribution in [0.2, 0.25) is 5.02 Å². The molecule has 0 radical (unpaired) electrons. The summed E-state index contributed by atoms with van der Waals surface area (Å²) in [6, 6.07) is 5.71. The van der Waals surface area contributed by atoms with Crippen LogP contribution in [0.25, 0.3) is 11.0 Å². The van der Waals surface area contributed by atoms with E-state index in [4.69, 9.17) is 17.3 Å². The molecular weight excluding hydrogens is 222 g/mol. The second-order valence-corrected chi connectivity index (χ2v) is 4.49. The highest BCUT2D eigenvalue weighted by atomic mass is 35.5. The summed E-state index contributed by atoms with van der Waals surface area (Å²) in [5, 5.41) is 0.662. The maximum Gasteiger partial charge on any atom is 0.127 e. The molecule has 1 aromatic carbocycles. The maximum absolute atomic E-state index is 6.29. The minimum Gasteiger partial charge on any atom is -0.340 e. The van der Waals surface area contributed by atoms with E-state index in [0.717, 1.165) is 29.7 Å². The van der Waals surface area contributed by atoms with E-state index in [1.54, 1.807) is 0 Å². The largest absolute Gasteiger partial charge is 0.340 e. The second kappa shape index (κ2) is 4.07. The lowest BCUT2D eigenvalue weighted by atomic mass is 9.93. The fourth-order valence-corrected chi connectivity index (χ4v) is 2.03. The van der Waals surface area contributed by atoms with E-state index >= 15 is 0 Å². The summed E-state index contributed by atoms with van der Waals surface area (Å²) in [6.07, 6.45) is 1.70. The molecule has 1 heterocycles. The molecule has 3 N–H and O–H groups in total. The van der Waals surface area contributed by atoms with Crippen LogP contribution in [-0.4, -0.2) is 9.97 Å². The maximum atomic E-state index is 6.29. The van der Waals surface area contributed by atoms with Gasteiger partial charge in [0.1, 0.15) is 11.3 Å². The van der Waals surface area contributed by atoms with Crippen molar-refractivity contribution in [1.29, 1.82) is 0 Å². The van der Waals surface area contributed by atoms with E-state index in [1.165, 1.54) is 0 Å². The van der Waals surface area contributed by atoms with Gasteiger partial charge in [0, 0.05) is 0 Å². The van der Waals surface area contributed by atoms with Crippen LogP contribution in [0.5, 0.6) is 0 Å². The molecule has 2 aromatic rings. The number of aromatic nitrogens is 2. The number of benzene rings is 1. The quantitative estimate of drug-likeness (QED) is 0.862. The number of H-pyrrole nitrogens is 1. The molecule has 0 saturated heterocycles. The van der Waals surface area contributed by atoms with E-state index in [2.05, 4.69) is 23.8 Å². The second-order valence-electron chi connectivity index (χ2n) is 4.08. The number of fused-ring (bicyclic) bond motifs is 1. The molecule has 0 aliphatic heterocycles. The number of halogens is 1. The normalized spacial score (nSPS) is 12.2. The molecule has 0 saturated carbocycles. The van der Waals surface area contributed by atoms with E-state index in [-0.39, 0.29) is 5.54 Å². The van der Waals surface area contributed by atoms with Gasteiger partial charge in [0.05, 0.1) is 16.1 Å². The van der Waals surface area contributed by atoms with E-state index in [0.29, 0.717) is 5.02 Å². The van der Waals surface area contributed by atoms with Gasteiger partial charge in [-0.05, 0) is 25.0 Å². The number of nitrogens with two attached hydrogens (primary N) is 1. The fourth-order valence-electron chi connectivity index (χ4n) is 1.82. The Kier molecular flexibility index (Phi) is 2.91. The minimum atomic E-state index is -0.387. The van der Waals surface area contributed by atoms with Crippen molar-refractivity contribution in [2.45, 2.75) is 32.2 Å². The van der Waals surface area contributed by atoms with Crippen LogP contribution in [0.1, 0.15) is 32.5 Å². The zero-order chi connectivity index (χ0) is 11.8.